The third-order valence-electron chi connectivity index (χ3n) is 3.20. The van der Waals surface area contributed by atoms with Crippen LogP contribution in [0.2, 0.25) is 0 Å². The number of anilines is 1. The molecule has 2 aromatic carbocycles. The number of phenols is 1. The maximum atomic E-state index is 11.9. The molecule has 0 radical (unpaired) electrons. The summed E-state index contributed by atoms with van der Waals surface area (Å²) in [6, 6.07) is 14.7. The molecule has 0 aliphatic rings. The second-order valence-corrected chi connectivity index (χ2v) is 5.13. The lowest BCUT2D eigenvalue weighted by molar-refractivity contribution is -0.115. The molecular weight excluding hydrogens is 250 g/mol. The first-order chi connectivity index (χ1) is 9.56. The molecule has 0 aliphatic carbocycles. The Bertz CT molecular complexity index is 588. The summed E-state index contributed by atoms with van der Waals surface area (Å²) in [5.41, 5.74) is 2.64. The van der Waals surface area contributed by atoms with Gasteiger partial charge in [-0.3, -0.25) is 4.79 Å². The Labute approximate surface area is 119 Å². The Balaban J connectivity index is 1.99. The highest BCUT2D eigenvalue weighted by Crippen LogP contribution is 2.19. The third-order valence-corrected chi connectivity index (χ3v) is 3.20. The zero-order valence-corrected chi connectivity index (χ0v) is 11.8. The van der Waals surface area contributed by atoms with Gasteiger partial charge in [-0.25, -0.2) is 0 Å². The molecule has 1 amide bonds. The van der Waals surface area contributed by atoms with Crippen LogP contribution in [0.5, 0.6) is 5.75 Å². The molecule has 0 unspecified atom stereocenters. The van der Waals surface area contributed by atoms with E-state index in [-0.39, 0.29) is 18.1 Å². The van der Waals surface area contributed by atoms with Gasteiger partial charge in [0.15, 0.2) is 0 Å². The molecule has 0 saturated carbocycles. The van der Waals surface area contributed by atoms with Gasteiger partial charge >= 0.3 is 0 Å². The number of phenolic OH excluding ortho intramolecular Hbond substituents is 1. The molecule has 0 spiro atoms. The van der Waals surface area contributed by atoms with Gasteiger partial charge in [-0.15, -0.1) is 0 Å². The largest absolute Gasteiger partial charge is 0.508 e. The molecule has 104 valence electrons. The number of benzene rings is 2. The maximum absolute atomic E-state index is 11.9. The minimum atomic E-state index is -0.135. The lowest BCUT2D eigenvalue weighted by Gasteiger charge is -2.09. The number of carbonyl (C=O) groups is 1. The van der Waals surface area contributed by atoms with Crippen LogP contribution in [0.15, 0.2) is 48.5 Å². The molecule has 0 atom stereocenters. The van der Waals surface area contributed by atoms with Gasteiger partial charge in [-0.2, -0.15) is 0 Å². The van der Waals surface area contributed by atoms with E-state index >= 15 is 0 Å². The van der Waals surface area contributed by atoms with Crippen LogP contribution in [0.4, 0.5) is 5.69 Å². The number of amides is 1. The molecule has 0 aliphatic heterocycles. The monoisotopic (exact) mass is 269 g/mol. The van der Waals surface area contributed by atoms with Crippen molar-refractivity contribution in [2.45, 2.75) is 26.2 Å². The van der Waals surface area contributed by atoms with E-state index in [4.69, 9.17) is 0 Å². The van der Waals surface area contributed by atoms with Gasteiger partial charge in [0.05, 0.1) is 6.42 Å². The second kappa shape index (κ2) is 6.24. The average molecular weight is 269 g/mol. The molecule has 2 N–H and O–H groups in total. The normalized spacial score (nSPS) is 10.6. The van der Waals surface area contributed by atoms with Crippen molar-refractivity contribution in [1.29, 1.82) is 0 Å². The van der Waals surface area contributed by atoms with Crippen molar-refractivity contribution >= 4 is 11.6 Å². The number of nitrogens with one attached hydrogen (secondary N) is 1. The maximum Gasteiger partial charge on any atom is 0.228 e. The number of hydrogen-bond donors (Lipinski definition) is 2. The zero-order chi connectivity index (χ0) is 14.5. The van der Waals surface area contributed by atoms with Crippen LogP contribution in [-0.4, -0.2) is 11.0 Å². The Hall–Kier alpha value is -2.29. The molecule has 2 rings (SSSR count). The molecule has 0 heterocycles. The van der Waals surface area contributed by atoms with Crippen molar-refractivity contribution in [3.63, 3.8) is 0 Å². The van der Waals surface area contributed by atoms with E-state index in [1.165, 1.54) is 5.56 Å². The average Bonchev–Trinajstić information content (AvgIpc) is 2.42. The third kappa shape index (κ3) is 3.60. The quantitative estimate of drug-likeness (QED) is 0.889. The SMILES string of the molecule is CC(C)c1ccc(NC(=O)Cc2ccccc2O)cc1. The number of aromatic hydroxyl groups is 1. The number of rotatable bonds is 4. The molecule has 3 heteroatoms. The van der Waals surface area contributed by atoms with Crippen molar-refractivity contribution in [3.8, 4) is 5.75 Å². The summed E-state index contributed by atoms with van der Waals surface area (Å²) < 4.78 is 0. The van der Waals surface area contributed by atoms with Gasteiger partial charge in [0.25, 0.3) is 0 Å². The van der Waals surface area contributed by atoms with Crippen LogP contribution >= 0.6 is 0 Å². The van der Waals surface area contributed by atoms with Crippen molar-refractivity contribution < 1.29 is 9.90 Å². The molecule has 0 aromatic heterocycles. The smallest absolute Gasteiger partial charge is 0.228 e. The minimum Gasteiger partial charge on any atom is -0.508 e. The fraction of sp³-hybridized carbons (Fsp3) is 0.235. The Morgan fingerprint density at radius 1 is 1.10 bits per heavy atom. The topological polar surface area (TPSA) is 49.3 Å². The van der Waals surface area contributed by atoms with Crippen molar-refractivity contribution in [3.05, 3.63) is 59.7 Å². The van der Waals surface area contributed by atoms with Gasteiger partial charge in [-0.05, 0) is 29.7 Å². The van der Waals surface area contributed by atoms with Crippen LogP contribution < -0.4 is 5.32 Å². The molecule has 2 aromatic rings. The van der Waals surface area contributed by atoms with Crippen LogP contribution in [0.3, 0.4) is 0 Å². The summed E-state index contributed by atoms with van der Waals surface area (Å²) in [7, 11) is 0. The first-order valence-electron chi connectivity index (χ1n) is 6.73. The van der Waals surface area contributed by atoms with E-state index < -0.39 is 0 Å². The van der Waals surface area contributed by atoms with Crippen LogP contribution in [0, 0.1) is 0 Å². The predicted octanol–water partition coefficient (Wildman–Crippen LogP) is 3.70. The highest BCUT2D eigenvalue weighted by molar-refractivity contribution is 5.92. The summed E-state index contributed by atoms with van der Waals surface area (Å²) in [5.74, 6) is 0.489. The first kappa shape index (κ1) is 14.1. The van der Waals surface area contributed by atoms with Gasteiger partial charge < -0.3 is 10.4 Å². The Kier molecular flexibility index (Phi) is 4.41. The Morgan fingerprint density at radius 3 is 2.35 bits per heavy atom. The number of para-hydroxylation sites is 1. The number of carbonyl (C=O) groups excluding carboxylic acids is 1. The van der Waals surface area contributed by atoms with E-state index in [1.807, 2.05) is 24.3 Å². The van der Waals surface area contributed by atoms with E-state index in [0.717, 1.165) is 5.69 Å². The standard InChI is InChI=1S/C17H19NO2/c1-12(2)13-7-9-15(10-8-13)18-17(20)11-14-5-3-4-6-16(14)19/h3-10,12,19H,11H2,1-2H3,(H,18,20). The van der Waals surface area contributed by atoms with Crippen molar-refractivity contribution in [2.24, 2.45) is 0 Å². The van der Waals surface area contributed by atoms with Crippen LogP contribution in [0.1, 0.15) is 30.9 Å². The fourth-order valence-electron chi connectivity index (χ4n) is 1.99. The van der Waals surface area contributed by atoms with Gasteiger partial charge in [-0.1, -0.05) is 44.2 Å². The summed E-state index contributed by atoms with van der Waals surface area (Å²) in [5, 5.41) is 12.5. The Morgan fingerprint density at radius 2 is 1.75 bits per heavy atom. The molecular formula is C17H19NO2. The first-order valence-corrected chi connectivity index (χ1v) is 6.73. The van der Waals surface area contributed by atoms with Gasteiger partial charge in [0.1, 0.15) is 5.75 Å². The van der Waals surface area contributed by atoms with Crippen LogP contribution in [-0.2, 0) is 11.2 Å². The predicted molar refractivity (Wildman–Crippen MR) is 81.0 cm³/mol. The fourth-order valence-corrected chi connectivity index (χ4v) is 1.99. The highest BCUT2D eigenvalue weighted by Gasteiger charge is 2.07. The molecule has 0 bridgehead atoms. The minimum absolute atomic E-state index is 0.135. The summed E-state index contributed by atoms with van der Waals surface area (Å²) in [4.78, 5) is 11.9. The van der Waals surface area contributed by atoms with E-state index in [1.54, 1.807) is 24.3 Å². The summed E-state index contributed by atoms with van der Waals surface area (Å²) >= 11 is 0. The van der Waals surface area contributed by atoms with Crippen molar-refractivity contribution in [1.82, 2.24) is 0 Å². The molecule has 0 fully saturated rings. The molecule has 0 saturated heterocycles. The zero-order valence-electron chi connectivity index (χ0n) is 11.8. The summed E-state index contributed by atoms with van der Waals surface area (Å²) in [6.07, 6.45) is 0.165. The lowest BCUT2D eigenvalue weighted by Crippen LogP contribution is -2.14. The van der Waals surface area contributed by atoms with E-state index in [0.29, 0.717) is 11.5 Å². The molecule has 20 heavy (non-hydrogen) atoms. The van der Waals surface area contributed by atoms with Gasteiger partial charge in [0, 0.05) is 11.3 Å². The van der Waals surface area contributed by atoms with Gasteiger partial charge in [0.2, 0.25) is 5.91 Å². The van der Waals surface area contributed by atoms with Crippen molar-refractivity contribution in [2.75, 3.05) is 5.32 Å². The summed E-state index contributed by atoms with van der Waals surface area (Å²) in [6.45, 7) is 4.26. The number of hydrogen-bond acceptors (Lipinski definition) is 2. The van der Waals surface area contributed by atoms with E-state index in [2.05, 4.69) is 19.2 Å². The van der Waals surface area contributed by atoms with Crippen LogP contribution in [0.25, 0.3) is 0 Å². The lowest BCUT2D eigenvalue weighted by atomic mass is 10.0. The highest BCUT2D eigenvalue weighted by atomic mass is 16.3. The van der Waals surface area contributed by atoms with E-state index in [9.17, 15) is 9.90 Å². The second-order valence-electron chi connectivity index (χ2n) is 5.13. The molecule has 3 nitrogen and oxygen atoms in total.